The summed E-state index contributed by atoms with van der Waals surface area (Å²) in [6, 6.07) is -1.16. The van der Waals surface area contributed by atoms with Crippen LogP contribution in [0, 0.1) is 5.92 Å². The van der Waals surface area contributed by atoms with E-state index in [9.17, 15) is 14.4 Å². The zero-order chi connectivity index (χ0) is 36.9. The Balaban J connectivity index is 5.20. The van der Waals surface area contributed by atoms with Gasteiger partial charge in [0.05, 0.1) is 13.2 Å². The fourth-order valence-electron chi connectivity index (χ4n) is 7.10. The molecule has 0 aromatic heterocycles. The maximum Gasteiger partial charge on any atom is 0.323 e. The molecule has 0 spiro atoms. The van der Waals surface area contributed by atoms with Gasteiger partial charge in [-0.2, -0.15) is 0 Å². The lowest BCUT2D eigenvalue weighted by atomic mass is 9.87. The first kappa shape index (κ1) is 48.6. The van der Waals surface area contributed by atoms with Crippen LogP contribution in [0.5, 0.6) is 0 Å². The average molecular weight is 708 g/mol. The second-order valence-electron chi connectivity index (χ2n) is 15.0. The smallest absolute Gasteiger partial charge is 0.323 e. The van der Waals surface area contributed by atoms with E-state index in [1.165, 1.54) is 128 Å². The van der Waals surface area contributed by atoms with Gasteiger partial charge in [-0.1, -0.05) is 181 Å². The first-order valence-corrected chi connectivity index (χ1v) is 22.1. The quantitative estimate of drug-likeness (QED) is 0.0506. The summed E-state index contributed by atoms with van der Waals surface area (Å²) in [6.07, 6.45) is 35.4. The largest absolute Gasteiger partial charge is 0.465 e. The fraction of sp³-hybridized carbons (Fsp3) is 0.932. The first-order chi connectivity index (χ1) is 24.4. The van der Waals surface area contributed by atoms with Gasteiger partial charge < -0.3 is 9.47 Å². The predicted octanol–water partition coefficient (Wildman–Crippen LogP) is 12.8. The maximum absolute atomic E-state index is 13.6. The van der Waals surface area contributed by atoms with E-state index in [1.807, 2.05) is 13.8 Å². The number of ether oxygens (including phenoxy) is 2. The van der Waals surface area contributed by atoms with E-state index in [2.05, 4.69) is 26.1 Å². The molecule has 0 rings (SSSR count). The van der Waals surface area contributed by atoms with Gasteiger partial charge in [-0.25, -0.2) is 0 Å². The van der Waals surface area contributed by atoms with Crippen LogP contribution >= 0.6 is 0 Å². The lowest BCUT2D eigenvalue weighted by Crippen LogP contribution is -2.48. The van der Waals surface area contributed by atoms with Crippen LogP contribution in [0.3, 0.4) is 0 Å². The van der Waals surface area contributed by atoms with Gasteiger partial charge in [-0.15, -0.1) is 0 Å². The minimum atomic E-state index is -0.621. The van der Waals surface area contributed by atoms with Gasteiger partial charge in [0.1, 0.15) is 17.9 Å². The summed E-state index contributed by atoms with van der Waals surface area (Å²) in [6.45, 7) is 11.0. The molecule has 0 radical (unpaired) electrons. The molecule has 0 fully saturated rings. The highest BCUT2D eigenvalue weighted by atomic mass is 16.5. The van der Waals surface area contributed by atoms with Crippen molar-refractivity contribution in [3.8, 4) is 0 Å². The first-order valence-electron chi connectivity index (χ1n) is 22.1. The molecule has 0 aliphatic carbocycles. The number of nitrogens with one attached hydrogen (secondary N) is 1. The highest BCUT2D eigenvalue weighted by Gasteiger charge is 2.29. The molecule has 3 unspecified atom stereocenters. The predicted molar refractivity (Wildman–Crippen MR) is 213 cm³/mol. The van der Waals surface area contributed by atoms with E-state index in [4.69, 9.17) is 9.47 Å². The minimum absolute atomic E-state index is 0.0403. The number of ketones is 1. The molecule has 50 heavy (non-hydrogen) atoms. The third kappa shape index (κ3) is 29.2. The molecule has 0 heterocycles. The SMILES string of the molecule is CCCCCCCCCCCCC(NC(CCC(CCCCCCCCC)C(=O)CCCCCCCCCCC)C(=O)OCC)C(=O)OCC. The van der Waals surface area contributed by atoms with Crippen molar-refractivity contribution in [1.29, 1.82) is 0 Å². The number of hydrogen-bond acceptors (Lipinski definition) is 6. The van der Waals surface area contributed by atoms with Crippen molar-refractivity contribution in [2.24, 2.45) is 5.92 Å². The molecule has 6 heteroatoms. The number of carbonyl (C=O) groups is 3. The Morgan fingerprint density at radius 1 is 0.400 bits per heavy atom. The summed E-state index contributed by atoms with van der Waals surface area (Å²) in [4.78, 5) is 39.8. The summed E-state index contributed by atoms with van der Waals surface area (Å²) in [5, 5.41) is 3.37. The molecule has 0 bridgehead atoms. The Morgan fingerprint density at radius 3 is 1.14 bits per heavy atom. The van der Waals surface area contributed by atoms with Gasteiger partial charge >= 0.3 is 11.9 Å². The molecule has 0 aliphatic heterocycles. The third-order valence-corrected chi connectivity index (χ3v) is 10.3. The topological polar surface area (TPSA) is 81.7 Å². The number of unbranched alkanes of at least 4 members (excludes halogenated alkanes) is 23. The zero-order valence-electron chi connectivity index (χ0n) is 34.1. The Bertz CT molecular complexity index is 772. The van der Waals surface area contributed by atoms with Crippen molar-refractivity contribution in [1.82, 2.24) is 5.32 Å². The number of Topliss-reactive ketones (excluding diaryl/α,β-unsaturated/α-hetero) is 1. The van der Waals surface area contributed by atoms with Gasteiger partial charge in [0, 0.05) is 12.3 Å². The summed E-state index contributed by atoms with van der Waals surface area (Å²) in [5.74, 6) is -0.306. The molecule has 3 atom stereocenters. The molecule has 296 valence electrons. The van der Waals surface area contributed by atoms with Crippen LogP contribution in [0.2, 0.25) is 0 Å². The van der Waals surface area contributed by atoms with Crippen molar-refractivity contribution >= 4 is 17.7 Å². The van der Waals surface area contributed by atoms with Crippen molar-refractivity contribution in [2.75, 3.05) is 13.2 Å². The van der Waals surface area contributed by atoms with Gasteiger partial charge in [0.2, 0.25) is 0 Å². The van der Waals surface area contributed by atoms with E-state index in [1.54, 1.807) is 0 Å². The Hall–Kier alpha value is -1.43. The van der Waals surface area contributed by atoms with Crippen molar-refractivity contribution in [2.45, 2.75) is 246 Å². The standard InChI is InChI=1S/C44H85NO5/c1-6-11-14-17-20-22-24-26-29-32-35-40(43(47)49-9-4)45-41(44(48)50-10-5)38-37-39(34-31-28-25-19-16-13-8-3)42(46)36-33-30-27-23-21-18-15-12-7-2/h39-41,45H,6-38H2,1-5H3. The summed E-state index contributed by atoms with van der Waals surface area (Å²) < 4.78 is 10.9. The second-order valence-corrected chi connectivity index (χ2v) is 15.0. The summed E-state index contributed by atoms with van der Waals surface area (Å²) in [5.41, 5.74) is 0. The number of esters is 2. The minimum Gasteiger partial charge on any atom is -0.465 e. The molecule has 0 amide bonds. The van der Waals surface area contributed by atoms with E-state index in [0.717, 1.165) is 44.9 Å². The Labute approximate surface area is 311 Å². The number of hydrogen-bond donors (Lipinski definition) is 1. The summed E-state index contributed by atoms with van der Waals surface area (Å²) >= 11 is 0. The van der Waals surface area contributed by atoms with Crippen molar-refractivity contribution in [3.63, 3.8) is 0 Å². The highest BCUT2D eigenvalue weighted by molar-refractivity contribution is 5.81. The second kappa shape index (κ2) is 37.3. The van der Waals surface area contributed by atoms with Crippen LogP contribution in [0.15, 0.2) is 0 Å². The van der Waals surface area contributed by atoms with E-state index >= 15 is 0 Å². The zero-order valence-corrected chi connectivity index (χ0v) is 34.1. The van der Waals surface area contributed by atoms with Gasteiger partial charge in [-0.3, -0.25) is 19.7 Å². The van der Waals surface area contributed by atoms with Crippen LogP contribution in [-0.4, -0.2) is 43.0 Å². The number of carbonyl (C=O) groups excluding carboxylic acids is 3. The van der Waals surface area contributed by atoms with Crippen molar-refractivity contribution in [3.05, 3.63) is 0 Å². The lowest BCUT2D eigenvalue weighted by Gasteiger charge is -2.25. The molecule has 0 aromatic carbocycles. The number of rotatable bonds is 39. The summed E-state index contributed by atoms with van der Waals surface area (Å²) in [7, 11) is 0. The fourth-order valence-corrected chi connectivity index (χ4v) is 7.10. The van der Waals surface area contributed by atoms with E-state index < -0.39 is 12.1 Å². The average Bonchev–Trinajstić information content (AvgIpc) is 3.11. The van der Waals surface area contributed by atoms with Crippen LogP contribution in [0.4, 0.5) is 0 Å². The molecule has 0 saturated heterocycles. The Kier molecular flexibility index (Phi) is 36.3. The van der Waals surface area contributed by atoms with Gasteiger partial charge in [0.25, 0.3) is 0 Å². The monoisotopic (exact) mass is 708 g/mol. The molecule has 0 saturated carbocycles. The molecule has 0 aliphatic rings. The molecule has 0 aromatic rings. The molecular weight excluding hydrogens is 622 g/mol. The van der Waals surface area contributed by atoms with E-state index in [0.29, 0.717) is 44.7 Å². The molecular formula is C44H85NO5. The normalized spacial score (nSPS) is 13.2. The lowest BCUT2D eigenvalue weighted by molar-refractivity contribution is -0.149. The van der Waals surface area contributed by atoms with Crippen LogP contribution < -0.4 is 5.32 Å². The van der Waals surface area contributed by atoms with Crippen molar-refractivity contribution < 1.29 is 23.9 Å². The Morgan fingerprint density at radius 2 is 0.740 bits per heavy atom. The third-order valence-electron chi connectivity index (χ3n) is 10.3. The molecule has 1 N–H and O–H groups in total. The van der Waals surface area contributed by atoms with Crippen LogP contribution in [-0.2, 0) is 23.9 Å². The van der Waals surface area contributed by atoms with E-state index in [-0.39, 0.29) is 17.9 Å². The van der Waals surface area contributed by atoms with Gasteiger partial charge in [-0.05, 0) is 46.0 Å². The van der Waals surface area contributed by atoms with Crippen LogP contribution in [0.1, 0.15) is 234 Å². The highest BCUT2D eigenvalue weighted by Crippen LogP contribution is 2.23. The van der Waals surface area contributed by atoms with Crippen LogP contribution in [0.25, 0.3) is 0 Å². The maximum atomic E-state index is 13.6. The van der Waals surface area contributed by atoms with Gasteiger partial charge in [0.15, 0.2) is 0 Å². The molecule has 6 nitrogen and oxygen atoms in total.